The largest absolute Gasteiger partial charge is 0.489 e. The molecule has 0 aromatic heterocycles. The van der Waals surface area contributed by atoms with Gasteiger partial charge < -0.3 is 25.4 Å². The average Bonchev–Trinajstić information content (AvgIpc) is 2.73. The van der Waals surface area contributed by atoms with E-state index in [9.17, 15) is 9.18 Å². The number of rotatable bonds is 10. The molecule has 8 heteroatoms. The second-order valence-corrected chi connectivity index (χ2v) is 6.58. The fourth-order valence-electron chi connectivity index (χ4n) is 2.60. The van der Waals surface area contributed by atoms with Crippen LogP contribution in [-0.2, 0) is 11.3 Å². The number of hydrogen-bond donors (Lipinski definition) is 3. The van der Waals surface area contributed by atoms with Gasteiger partial charge in [-0.15, -0.1) is 0 Å². The predicted molar refractivity (Wildman–Crippen MR) is 115 cm³/mol. The average molecular weight is 416 g/mol. The number of benzene rings is 2. The van der Waals surface area contributed by atoms with Crippen LogP contribution < -0.4 is 25.4 Å². The summed E-state index contributed by atoms with van der Waals surface area (Å²) in [4.78, 5) is 15.7. The lowest BCUT2D eigenvalue weighted by molar-refractivity contribution is -0.122. The normalized spacial score (nSPS) is 12.1. The molecule has 0 aliphatic heterocycles. The van der Waals surface area contributed by atoms with Crippen LogP contribution in [0, 0.1) is 5.82 Å². The van der Waals surface area contributed by atoms with Crippen LogP contribution >= 0.6 is 0 Å². The summed E-state index contributed by atoms with van der Waals surface area (Å²) in [5, 5.41) is 9.08. The van der Waals surface area contributed by atoms with Gasteiger partial charge >= 0.3 is 0 Å². The number of guanidine groups is 1. The van der Waals surface area contributed by atoms with Crippen LogP contribution in [0.25, 0.3) is 0 Å². The molecule has 1 atom stereocenters. The van der Waals surface area contributed by atoms with Crippen LogP contribution in [0.15, 0.2) is 53.5 Å². The third-order valence-electron chi connectivity index (χ3n) is 4.02. The zero-order chi connectivity index (χ0) is 21.8. The molecule has 3 N–H and O–H groups in total. The minimum atomic E-state index is -0.331. The Bertz CT molecular complexity index is 845. The van der Waals surface area contributed by atoms with E-state index in [1.807, 2.05) is 32.0 Å². The molecule has 1 amide bonds. The molecule has 0 spiro atoms. The van der Waals surface area contributed by atoms with Crippen molar-refractivity contribution in [2.24, 2.45) is 4.99 Å². The molecule has 2 aromatic carbocycles. The van der Waals surface area contributed by atoms with Gasteiger partial charge in [0.05, 0.1) is 6.54 Å². The lowest BCUT2D eigenvalue weighted by Crippen LogP contribution is -2.41. The number of aliphatic imine (C=N–C) groups is 1. The van der Waals surface area contributed by atoms with Crippen molar-refractivity contribution in [3.8, 4) is 11.5 Å². The minimum absolute atomic E-state index is 0.0167. The van der Waals surface area contributed by atoms with Gasteiger partial charge in [0.1, 0.15) is 23.4 Å². The van der Waals surface area contributed by atoms with E-state index < -0.39 is 0 Å². The summed E-state index contributed by atoms with van der Waals surface area (Å²) in [6.07, 6.45) is -0.184. The van der Waals surface area contributed by atoms with Gasteiger partial charge in [-0.25, -0.2) is 4.39 Å². The maximum atomic E-state index is 13.2. The first kappa shape index (κ1) is 23.0. The molecule has 0 radical (unpaired) electrons. The first-order chi connectivity index (χ1) is 14.5. The predicted octanol–water partition coefficient (Wildman–Crippen LogP) is 2.47. The molecular formula is C22H29FN4O3. The smallest absolute Gasteiger partial charge is 0.257 e. The highest BCUT2D eigenvalue weighted by Gasteiger charge is 2.07. The van der Waals surface area contributed by atoms with Gasteiger partial charge in [0.25, 0.3) is 5.91 Å². The summed E-state index contributed by atoms with van der Waals surface area (Å²) in [6.45, 7) is 5.32. The Labute approximate surface area is 176 Å². The Morgan fingerprint density at radius 1 is 1.10 bits per heavy atom. The third-order valence-corrected chi connectivity index (χ3v) is 4.02. The fraction of sp³-hybridized carbons (Fsp3) is 0.364. The summed E-state index contributed by atoms with van der Waals surface area (Å²) in [6, 6.07) is 13.6. The number of ether oxygens (including phenoxy) is 2. The molecule has 1 unspecified atom stereocenters. The van der Waals surface area contributed by atoms with Crippen molar-refractivity contribution in [2.45, 2.75) is 26.5 Å². The van der Waals surface area contributed by atoms with Crippen LogP contribution in [0.2, 0.25) is 0 Å². The maximum absolute atomic E-state index is 13.2. The highest BCUT2D eigenvalue weighted by Crippen LogP contribution is 2.14. The zero-order valence-electron chi connectivity index (χ0n) is 17.6. The molecule has 0 fully saturated rings. The Balaban J connectivity index is 1.78. The van der Waals surface area contributed by atoms with Crippen LogP contribution in [0.4, 0.5) is 4.39 Å². The first-order valence-electron chi connectivity index (χ1n) is 9.85. The molecule has 7 nitrogen and oxygen atoms in total. The van der Waals surface area contributed by atoms with Crippen molar-refractivity contribution in [2.75, 3.05) is 26.7 Å². The third kappa shape index (κ3) is 8.38. The Hall–Kier alpha value is -3.29. The summed E-state index contributed by atoms with van der Waals surface area (Å²) in [7, 11) is 1.68. The van der Waals surface area contributed by atoms with Gasteiger partial charge in [0.15, 0.2) is 12.6 Å². The van der Waals surface area contributed by atoms with E-state index in [1.165, 1.54) is 12.1 Å². The summed E-state index contributed by atoms with van der Waals surface area (Å²) in [5.74, 6) is 1.23. The van der Waals surface area contributed by atoms with Crippen LogP contribution in [0.1, 0.15) is 19.4 Å². The SMILES string of the molecule is CCNC(=O)COc1cccc(CNC(=NC)NCC(C)Oc2cccc(F)c2)c1. The summed E-state index contributed by atoms with van der Waals surface area (Å²) >= 11 is 0. The molecule has 0 heterocycles. The standard InChI is InChI=1S/C22H29FN4O3/c1-4-25-21(28)15-29-19-9-5-7-17(11-19)14-27-22(24-3)26-13-16(2)30-20-10-6-8-18(23)12-20/h5-12,16H,4,13-15H2,1-3H3,(H,25,28)(H2,24,26,27). The molecule has 0 bridgehead atoms. The van der Waals surface area contributed by atoms with Crippen LogP contribution in [0.5, 0.6) is 11.5 Å². The van der Waals surface area contributed by atoms with E-state index in [-0.39, 0.29) is 24.4 Å². The van der Waals surface area contributed by atoms with Crippen molar-refractivity contribution in [1.82, 2.24) is 16.0 Å². The number of carbonyl (C=O) groups excluding carboxylic acids is 1. The molecule has 0 saturated carbocycles. The summed E-state index contributed by atoms with van der Waals surface area (Å²) < 4.78 is 24.5. The van der Waals surface area contributed by atoms with Gasteiger partial charge in [-0.3, -0.25) is 9.79 Å². The van der Waals surface area contributed by atoms with E-state index in [4.69, 9.17) is 9.47 Å². The zero-order valence-corrected chi connectivity index (χ0v) is 17.6. The molecular weight excluding hydrogens is 387 g/mol. The minimum Gasteiger partial charge on any atom is -0.489 e. The van der Waals surface area contributed by atoms with Gasteiger partial charge in [-0.05, 0) is 43.7 Å². The summed E-state index contributed by atoms with van der Waals surface area (Å²) in [5.41, 5.74) is 0.982. The van der Waals surface area contributed by atoms with Crippen LogP contribution in [0.3, 0.4) is 0 Å². The van der Waals surface area contributed by atoms with Gasteiger partial charge in [0, 0.05) is 26.2 Å². The topological polar surface area (TPSA) is 84.0 Å². The number of carbonyl (C=O) groups is 1. The molecule has 2 aromatic rings. The maximum Gasteiger partial charge on any atom is 0.257 e. The number of hydrogen-bond acceptors (Lipinski definition) is 4. The van der Waals surface area contributed by atoms with Gasteiger partial charge in [-0.2, -0.15) is 0 Å². The van der Waals surface area contributed by atoms with Gasteiger partial charge in [-0.1, -0.05) is 18.2 Å². The molecule has 0 aliphatic rings. The molecule has 162 valence electrons. The van der Waals surface area contributed by atoms with Crippen LogP contribution in [-0.4, -0.2) is 44.7 Å². The van der Waals surface area contributed by atoms with Crippen molar-refractivity contribution in [1.29, 1.82) is 0 Å². The second kappa shape index (κ2) is 12.3. The van der Waals surface area contributed by atoms with Crippen molar-refractivity contribution >= 4 is 11.9 Å². The number of amides is 1. The van der Waals surface area contributed by atoms with E-state index in [1.54, 1.807) is 25.2 Å². The first-order valence-corrected chi connectivity index (χ1v) is 9.85. The monoisotopic (exact) mass is 416 g/mol. The molecule has 0 saturated heterocycles. The Morgan fingerprint density at radius 3 is 2.60 bits per heavy atom. The number of nitrogens with one attached hydrogen (secondary N) is 3. The number of halogens is 1. The van der Waals surface area contributed by atoms with E-state index in [0.29, 0.717) is 37.1 Å². The lowest BCUT2D eigenvalue weighted by Gasteiger charge is -2.18. The van der Waals surface area contributed by atoms with Crippen molar-refractivity contribution < 1.29 is 18.7 Å². The van der Waals surface area contributed by atoms with E-state index in [2.05, 4.69) is 20.9 Å². The highest BCUT2D eigenvalue weighted by molar-refractivity contribution is 5.79. The Morgan fingerprint density at radius 2 is 1.87 bits per heavy atom. The van der Waals surface area contributed by atoms with Crippen molar-refractivity contribution in [3.05, 3.63) is 59.9 Å². The number of nitrogens with zero attached hydrogens (tertiary/aromatic N) is 1. The molecule has 0 aliphatic carbocycles. The quantitative estimate of drug-likeness (QED) is 0.409. The highest BCUT2D eigenvalue weighted by atomic mass is 19.1. The lowest BCUT2D eigenvalue weighted by atomic mass is 10.2. The number of likely N-dealkylation sites (N-methyl/N-ethyl adjacent to an activating group) is 1. The van der Waals surface area contributed by atoms with Crippen molar-refractivity contribution in [3.63, 3.8) is 0 Å². The molecule has 2 rings (SSSR count). The Kier molecular flexibility index (Phi) is 9.44. The van der Waals surface area contributed by atoms with E-state index in [0.717, 1.165) is 5.56 Å². The molecule has 30 heavy (non-hydrogen) atoms. The fourth-order valence-corrected chi connectivity index (χ4v) is 2.60. The van der Waals surface area contributed by atoms with E-state index >= 15 is 0 Å². The van der Waals surface area contributed by atoms with Gasteiger partial charge in [0.2, 0.25) is 0 Å². The second-order valence-electron chi connectivity index (χ2n) is 6.58.